The van der Waals surface area contributed by atoms with Gasteiger partial charge in [-0.25, -0.2) is 0 Å². The average Bonchev–Trinajstić information content (AvgIpc) is 2.64. The molecule has 0 bridgehead atoms. The maximum absolute atomic E-state index is 5.53. The molecule has 2 atom stereocenters. The summed E-state index contributed by atoms with van der Waals surface area (Å²) < 4.78 is 5.53. The van der Waals surface area contributed by atoms with Crippen LogP contribution in [0, 0.1) is 0 Å². The van der Waals surface area contributed by atoms with E-state index < -0.39 is 0 Å². The Hall–Kier alpha value is -1.95. The molecule has 1 heterocycles. The Morgan fingerprint density at radius 1 is 1.00 bits per heavy atom. The van der Waals surface area contributed by atoms with Gasteiger partial charge in [0.1, 0.15) is 0 Å². The van der Waals surface area contributed by atoms with Crippen molar-refractivity contribution in [3.05, 3.63) is 66.2 Å². The van der Waals surface area contributed by atoms with Crippen LogP contribution in [0.3, 0.4) is 0 Å². The van der Waals surface area contributed by atoms with Gasteiger partial charge in [-0.1, -0.05) is 48.5 Å². The molecule has 4 nitrogen and oxygen atoms in total. The molecule has 1 aliphatic rings. The predicted octanol–water partition coefficient (Wildman–Crippen LogP) is 3.44. The highest BCUT2D eigenvalue weighted by molar-refractivity contribution is 7.80. The molecule has 2 aromatic carbocycles. The molecule has 1 aliphatic heterocycles. The molecule has 0 radical (unpaired) electrons. The van der Waals surface area contributed by atoms with E-state index in [1.807, 2.05) is 30.3 Å². The fourth-order valence-corrected chi connectivity index (χ4v) is 3.60. The summed E-state index contributed by atoms with van der Waals surface area (Å²) in [6, 6.07) is 21.0. The number of nitrogens with zero attached hydrogens (tertiary/aromatic N) is 1. The van der Waals surface area contributed by atoms with Gasteiger partial charge >= 0.3 is 0 Å². The van der Waals surface area contributed by atoms with E-state index in [1.54, 1.807) is 0 Å². The van der Waals surface area contributed by atoms with Gasteiger partial charge in [-0.05, 0) is 36.8 Å². The average molecular weight is 356 g/mol. The summed E-state index contributed by atoms with van der Waals surface area (Å²) >= 11 is 5.52. The smallest absolute Gasteiger partial charge is 0.171 e. The van der Waals surface area contributed by atoms with Gasteiger partial charge in [0.2, 0.25) is 0 Å². The zero-order chi connectivity index (χ0) is 17.5. The van der Waals surface area contributed by atoms with E-state index in [2.05, 4.69) is 52.8 Å². The quantitative estimate of drug-likeness (QED) is 0.804. The third-order valence-electron chi connectivity index (χ3n) is 4.44. The van der Waals surface area contributed by atoms with Crippen LogP contribution in [0.4, 0.5) is 5.69 Å². The van der Waals surface area contributed by atoms with Crippen LogP contribution in [0.25, 0.3) is 0 Å². The molecule has 132 valence electrons. The molecule has 1 fully saturated rings. The molecule has 0 aliphatic carbocycles. The first-order valence-corrected chi connectivity index (χ1v) is 9.14. The molecule has 0 saturated carbocycles. The minimum absolute atomic E-state index is 0.171. The second-order valence-corrected chi connectivity index (χ2v) is 6.67. The SMILES string of the molecule is C[C@@H](NC(=S)Nc1ccccc1)[C@@H](c1ccccc1)N1CCOCC1. The number of hydrogen-bond donors (Lipinski definition) is 2. The van der Waals surface area contributed by atoms with E-state index in [4.69, 9.17) is 17.0 Å². The summed E-state index contributed by atoms with van der Waals surface area (Å²) in [4.78, 5) is 2.47. The highest BCUT2D eigenvalue weighted by Crippen LogP contribution is 2.25. The van der Waals surface area contributed by atoms with Crippen LogP contribution in [-0.4, -0.2) is 42.4 Å². The fraction of sp³-hybridized carbons (Fsp3) is 0.350. The molecule has 1 saturated heterocycles. The number of ether oxygens (including phenoxy) is 1. The number of nitrogens with one attached hydrogen (secondary N) is 2. The second-order valence-electron chi connectivity index (χ2n) is 6.26. The summed E-state index contributed by atoms with van der Waals surface area (Å²) in [6.07, 6.45) is 0. The Labute approximate surface area is 155 Å². The molecule has 0 unspecified atom stereocenters. The lowest BCUT2D eigenvalue weighted by Crippen LogP contribution is -2.49. The number of morpholine rings is 1. The first-order chi connectivity index (χ1) is 12.2. The molecule has 3 rings (SSSR count). The summed E-state index contributed by atoms with van der Waals surface area (Å²) in [5.41, 5.74) is 2.29. The number of thiocarbonyl (C=S) groups is 1. The lowest BCUT2D eigenvalue weighted by atomic mass is 9.98. The lowest BCUT2D eigenvalue weighted by Gasteiger charge is -2.38. The van der Waals surface area contributed by atoms with Crippen molar-refractivity contribution in [1.82, 2.24) is 10.2 Å². The van der Waals surface area contributed by atoms with E-state index in [-0.39, 0.29) is 12.1 Å². The Morgan fingerprint density at radius 3 is 2.24 bits per heavy atom. The van der Waals surface area contributed by atoms with Crippen LogP contribution in [0.1, 0.15) is 18.5 Å². The first-order valence-electron chi connectivity index (χ1n) is 8.73. The largest absolute Gasteiger partial charge is 0.379 e. The summed E-state index contributed by atoms with van der Waals surface area (Å²) in [5, 5.41) is 7.37. The Balaban J connectivity index is 1.70. The lowest BCUT2D eigenvalue weighted by molar-refractivity contribution is 0.0102. The van der Waals surface area contributed by atoms with E-state index in [1.165, 1.54) is 5.56 Å². The molecule has 0 amide bonds. The molecule has 25 heavy (non-hydrogen) atoms. The Bertz CT molecular complexity index is 659. The van der Waals surface area contributed by atoms with Crippen LogP contribution < -0.4 is 10.6 Å². The monoisotopic (exact) mass is 355 g/mol. The van der Waals surface area contributed by atoms with E-state index in [0.29, 0.717) is 5.11 Å². The van der Waals surface area contributed by atoms with Crippen molar-refractivity contribution in [2.75, 3.05) is 31.6 Å². The van der Waals surface area contributed by atoms with Gasteiger partial charge in [0.25, 0.3) is 0 Å². The third kappa shape index (κ3) is 5.01. The van der Waals surface area contributed by atoms with E-state index >= 15 is 0 Å². The van der Waals surface area contributed by atoms with Crippen LogP contribution >= 0.6 is 12.2 Å². The third-order valence-corrected chi connectivity index (χ3v) is 4.66. The van der Waals surface area contributed by atoms with Crippen molar-refractivity contribution in [1.29, 1.82) is 0 Å². The zero-order valence-corrected chi connectivity index (χ0v) is 15.3. The molecule has 0 aromatic heterocycles. The maximum Gasteiger partial charge on any atom is 0.171 e. The van der Waals surface area contributed by atoms with E-state index in [0.717, 1.165) is 32.0 Å². The zero-order valence-electron chi connectivity index (χ0n) is 14.5. The van der Waals surface area contributed by atoms with Gasteiger partial charge in [0, 0.05) is 24.8 Å². The number of para-hydroxylation sites is 1. The van der Waals surface area contributed by atoms with Crippen LogP contribution in [0.5, 0.6) is 0 Å². The normalized spacial score (nSPS) is 17.5. The van der Waals surface area contributed by atoms with Gasteiger partial charge < -0.3 is 15.4 Å². The van der Waals surface area contributed by atoms with Crippen molar-refractivity contribution >= 4 is 23.0 Å². The number of hydrogen-bond acceptors (Lipinski definition) is 3. The minimum Gasteiger partial charge on any atom is -0.379 e. The van der Waals surface area contributed by atoms with Gasteiger partial charge in [-0.15, -0.1) is 0 Å². The van der Waals surface area contributed by atoms with Crippen molar-refractivity contribution < 1.29 is 4.74 Å². The van der Waals surface area contributed by atoms with Gasteiger partial charge in [0.15, 0.2) is 5.11 Å². The first kappa shape index (κ1) is 17.9. The van der Waals surface area contributed by atoms with E-state index in [9.17, 15) is 0 Å². The molecular formula is C20H25N3OS. The molecule has 0 spiro atoms. The number of rotatable bonds is 5. The molecule has 2 aromatic rings. The summed E-state index contributed by atoms with van der Waals surface area (Å²) in [7, 11) is 0. The summed E-state index contributed by atoms with van der Waals surface area (Å²) in [6.45, 7) is 5.62. The molecular weight excluding hydrogens is 330 g/mol. The number of benzene rings is 2. The van der Waals surface area contributed by atoms with Gasteiger partial charge in [-0.3, -0.25) is 4.90 Å². The standard InChI is InChI=1S/C20H25N3OS/c1-16(21-20(25)22-18-10-6-3-7-11-18)19(17-8-4-2-5-9-17)23-12-14-24-15-13-23/h2-11,16,19H,12-15H2,1H3,(H2,21,22,25)/t16-,19+/m1/s1. The molecule has 2 N–H and O–H groups in total. The van der Waals surface area contributed by atoms with Crippen LogP contribution in [-0.2, 0) is 4.74 Å². The highest BCUT2D eigenvalue weighted by Gasteiger charge is 2.28. The minimum atomic E-state index is 0.171. The van der Waals surface area contributed by atoms with Crippen molar-refractivity contribution in [2.45, 2.75) is 19.0 Å². The maximum atomic E-state index is 5.53. The Kier molecular flexibility index (Phi) is 6.39. The van der Waals surface area contributed by atoms with Crippen LogP contribution in [0.2, 0.25) is 0 Å². The predicted molar refractivity (Wildman–Crippen MR) is 107 cm³/mol. The topological polar surface area (TPSA) is 36.5 Å². The van der Waals surface area contributed by atoms with Gasteiger partial charge in [0.05, 0.1) is 19.3 Å². The highest BCUT2D eigenvalue weighted by atomic mass is 32.1. The van der Waals surface area contributed by atoms with Gasteiger partial charge in [-0.2, -0.15) is 0 Å². The van der Waals surface area contributed by atoms with Crippen molar-refractivity contribution in [3.8, 4) is 0 Å². The Morgan fingerprint density at radius 2 is 1.60 bits per heavy atom. The van der Waals surface area contributed by atoms with Crippen molar-refractivity contribution in [3.63, 3.8) is 0 Å². The fourth-order valence-electron chi connectivity index (χ4n) is 3.30. The van der Waals surface area contributed by atoms with Crippen molar-refractivity contribution in [2.24, 2.45) is 0 Å². The number of anilines is 1. The van der Waals surface area contributed by atoms with Crippen LogP contribution in [0.15, 0.2) is 60.7 Å². The second kappa shape index (κ2) is 8.94. The summed E-state index contributed by atoms with van der Waals surface area (Å²) in [5.74, 6) is 0. The molecule has 5 heteroatoms.